The van der Waals surface area contributed by atoms with Crippen LogP contribution in [-0.2, 0) is 13.1 Å². The summed E-state index contributed by atoms with van der Waals surface area (Å²) in [5, 5.41) is 0. The Morgan fingerprint density at radius 1 is 0.795 bits per heavy atom. The van der Waals surface area contributed by atoms with Gasteiger partial charge in [-0.2, -0.15) is 0 Å². The first-order valence-corrected chi connectivity index (χ1v) is 14.5. The number of amides is 1. The Balaban J connectivity index is 1.22. The monoisotopic (exact) mass is 585 g/mol. The fourth-order valence-corrected chi connectivity index (χ4v) is 5.51. The van der Waals surface area contributed by atoms with Gasteiger partial charge in [-0.05, 0) is 54.8 Å². The second-order valence-electron chi connectivity index (χ2n) is 10.4. The zero-order chi connectivity index (χ0) is 27.2. The van der Waals surface area contributed by atoms with Gasteiger partial charge in [0.25, 0.3) is 5.91 Å². The van der Waals surface area contributed by atoms with Crippen molar-refractivity contribution in [2.45, 2.75) is 39.0 Å². The summed E-state index contributed by atoms with van der Waals surface area (Å²) in [6, 6.07) is 34.0. The third kappa shape index (κ3) is 6.88. The van der Waals surface area contributed by atoms with Crippen LogP contribution in [0, 0.1) is 0 Å². The van der Waals surface area contributed by atoms with Crippen LogP contribution in [0.2, 0.25) is 0 Å². The van der Waals surface area contributed by atoms with Crippen LogP contribution < -0.4 is 0 Å². The van der Waals surface area contributed by atoms with E-state index in [1.807, 2.05) is 17.0 Å². The fraction of sp³-hybridized carbons (Fsp3) is 0.303. The smallest absolute Gasteiger partial charge is 0.289 e. The van der Waals surface area contributed by atoms with Gasteiger partial charge in [-0.25, -0.2) is 0 Å². The molecule has 0 aliphatic carbocycles. The summed E-state index contributed by atoms with van der Waals surface area (Å²) in [7, 11) is 0. The largest absolute Gasteiger partial charge is 0.455 e. The van der Waals surface area contributed by atoms with Gasteiger partial charge in [-0.1, -0.05) is 88.7 Å². The molecule has 1 amide bonds. The molecule has 0 N–H and O–H groups in total. The standard InChI is InChI=1S/C33H36BrN3O2/c1-25(2)37(23-26-13-15-29(34)16-14-26)24-30-17-18-31(39-30)33(38)36-21-19-35(20-22-36)32(27-9-5-3-6-10-27)28-11-7-4-8-12-28/h3-18,25,32H,19-24H2,1-2H3. The summed E-state index contributed by atoms with van der Waals surface area (Å²) in [5.41, 5.74) is 3.80. The summed E-state index contributed by atoms with van der Waals surface area (Å²) in [6.07, 6.45) is 0. The lowest BCUT2D eigenvalue weighted by atomic mass is 9.96. The van der Waals surface area contributed by atoms with Crippen molar-refractivity contribution in [2.75, 3.05) is 26.2 Å². The van der Waals surface area contributed by atoms with Crippen LogP contribution in [0.25, 0.3) is 0 Å². The van der Waals surface area contributed by atoms with Gasteiger partial charge in [0.2, 0.25) is 0 Å². The molecular formula is C33H36BrN3O2. The lowest BCUT2D eigenvalue weighted by Crippen LogP contribution is -2.49. The highest BCUT2D eigenvalue weighted by molar-refractivity contribution is 9.10. The van der Waals surface area contributed by atoms with Crippen LogP contribution in [0.4, 0.5) is 0 Å². The minimum Gasteiger partial charge on any atom is -0.455 e. The summed E-state index contributed by atoms with van der Waals surface area (Å²) in [4.78, 5) is 20.1. The average molecular weight is 587 g/mol. The van der Waals surface area contributed by atoms with E-state index in [1.165, 1.54) is 16.7 Å². The highest BCUT2D eigenvalue weighted by Crippen LogP contribution is 2.30. The molecule has 4 aromatic rings. The Hall–Kier alpha value is -3.19. The minimum atomic E-state index is -0.0270. The van der Waals surface area contributed by atoms with E-state index in [9.17, 15) is 4.79 Å². The molecule has 1 aliphatic rings. The van der Waals surface area contributed by atoms with Gasteiger partial charge in [0.1, 0.15) is 5.76 Å². The Morgan fingerprint density at radius 2 is 1.38 bits per heavy atom. The normalized spacial score (nSPS) is 14.5. The molecule has 1 fully saturated rings. The van der Waals surface area contributed by atoms with Crippen molar-refractivity contribution in [3.05, 3.63) is 130 Å². The number of hydrogen-bond donors (Lipinski definition) is 0. The molecule has 0 atom stereocenters. The maximum Gasteiger partial charge on any atom is 0.289 e. The molecule has 5 nitrogen and oxygen atoms in total. The first-order valence-electron chi connectivity index (χ1n) is 13.7. The van der Waals surface area contributed by atoms with E-state index in [2.05, 4.69) is 125 Å². The number of furan rings is 1. The van der Waals surface area contributed by atoms with E-state index in [1.54, 1.807) is 0 Å². The molecule has 5 rings (SSSR count). The molecule has 0 radical (unpaired) electrons. The molecule has 1 aromatic heterocycles. The number of piperazine rings is 1. The van der Waals surface area contributed by atoms with Gasteiger partial charge in [-0.3, -0.25) is 14.6 Å². The Bertz CT molecular complexity index is 1290. The molecule has 1 saturated heterocycles. The van der Waals surface area contributed by atoms with Crippen molar-refractivity contribution in [1.29, 1.82) is 0 Å². The maximum atomic E-state index is 13.4. The van der Waals surface area contributed by atoms with Gasteiger partial charge in [0.05, 0.1) is 12.6 Å². The van der Waals surface area contributed by atoms with Crippen molar-refractivity contribution >= 4 is 21.8 Å². The maximum absolute atomic E-state index is 13.4. The lowest BCUT2D eigenvalue weighted by Gasteiger charge is -2.39. The Kier molecular flexibility index (Phi) is 8.97. The van der Waals surface area contributed by atoms with Crippen LogP contribution in [-0.4, -0.2) is 52.8 Å². The summed E-state index contributed by atoms with van der Waals surface area (Å²) < 4.78 is 7.17. The first kappa shape index (κ1) is 27.4. The second-order valence-corrected chi connectivity index (χ2v) is 11.4. The van der Waals surface area contributed by atoms with Crippen molar-refractivity contribution in [1.82, 2.24) is 14.7 Å². The number of benzene rings is 3. The van der Waals surface area contributed by atoms with Crippen LogP contribution >= 0.6 is 15.9 Å². The van der Waals surface area contributed by atoms with Gasteiger partial charge in [-0.15, -0.1) is 0 Å². The van der Waals surface area contributed by atoms with Gasteiger partial charge in [0, 0.05) is 43.2 Å². The Labute approximate surface area is 240 Å². The third-order valence-electron chi connectivity index (χ3n) is 7.46. The van der Waals surface area contributed by atoms with E-state index in [-0.39, 0.29) is 11.9 Å². The summed E-state index contributed by atoms with van der Waals surface area (Å²) >= 11 is 3.51. The molecule has 202 valence electrons. The fourth-order valence-electron chi connectivity index (χ4n) is 5.25. The molecule has 0 spiro atoms. The molecular weight excluding hydrogens is 550 g/mol. The molecule has 3 aromatic carbocycles. The molecule has 0 saturated carbocycles. The van der Waals surface area contributed by atoms with Gasteiger partial charge in [0.15, 0.2) is 5.76 Å². The van der Waals surface area contributed by atoms with Crippen LogP contribution in [0.1, 0.15) is 52.9 Å². The highest BCUT2D eigenvalue weighted by atomic mass is 79.9. The number of rotatable bonds is 9. The molecule has 1 aliphatic heterocycles. The molecule has 2 heterocycles. The third-order valence-corrected chi connectivity index (χ3v) is 7.99. The van der Waals surface area contributed by atoms with Crippen molar-refractivity contribution in [3.63, 3.8) is 0 Å². The quantitative estimate of drug-likeness (QED) is 0.212. The number of halogens is 1. The topological polar surface area (TPSA) is 39.9 Å². The van der Waals surface area contributed by atoms with E-state index in [0.717, 1.165) is 29.9 Å². The summed E-state index contributed by atoms with van der Waals surface area (Å²) in [5.74, 6) is 1.21. The second kappa shape index (κ2) is 12.8. The zero-order valence-corrected chi connectivity index (χ0v) is 24.3. The number of carbonyl (C=O) groups is 1. The van der Waals surface area contributed by atoms with E-state index < -0.39 is 0 Å². The van der Waals surface area contributed by atoms with Crippen molar-refractivity contribution in [3.8, 4) is 0 Å². The first-order chi connectivity index (χ1) is 19.0. The zero-order valence-electron chi connectivity index (χ0n) is 22.7. The SMILES string of the molecule is CC(C)N(Cc1ccc(Br)cc1)Cc1ccc(C(=O)N2CCN(C(c3ccccc3)c3ccccc3)CC2)o1. The molecule has 6 heteroatoms. The predicted octanol–water partition coefficient (Wildman–Crippen LogP) is 7.00. The lowest BCUT2D eigenvalue weighted by molar-refractivity contribution is 0.0563. The van der Waals surface area contributed by atoms with Crippen LogP contribution in [0.5, 0.6) is 0 Å². The average Bonchev–Trinajstić information content (AvgIpc) is 3.44. The number of nitrogens with zero attached hydrogens (tertiary/aromatic N) is 3. The van der Waals surface area contributed by atoms with E-state index in [4.69, 9.17) is 4.42 Å². The summed E-state index contributed by atoms with van der Waals surface area (Å²) in [6.45, 7) is 8.81. The number of hydrogen-bond acceptors (Lipinski definition) is 4. The predicted molar refractivity (Wildman–Crippen MR) is 159 cm³/mol. The highest BCUT2D eigenvalue weighted by Gasteiger charge is 2.29. The van der Waals surface area contributed by atoms with Crippen molar-refractivity contribution < 1.29 is 9.21 Å². The number of carbonyl (C=O) groups excluding carboxylic acids is 1. The van der Waals surface area contributed by atoms with E-state index in [0.29, 0.717) is 31.4 Å². The molecule has 39 heavy (non-hydrogen) atoms. The Morgan fingerprint density at radius 3 is 1.95 bits per heavy atom. The van der Waals surface area contributed by atoms with Crippen molar-refractivity contribution in [2.24, 2.45) is 0 Å². The van der Waals surface area contributed by atoms with Crippen LogP contribution in [0.3, 0.4) is 0 Å². The minimum absolute atomic E-state index is 0.0270. The van der Waals surface area contributed by atoms with Crippen LogP contribution in [0.15, 0.2) is 106 Å². The molecule has 0 bridgehead atoms. The van der Waals surface area contributed by atoms with Gasteiger partial charge >= 0.3 is 0 Å². The van der Waals surface area contributed by atoms with Gasteiger partial charge < -0.3 is 9.32 Å². The molecule has 0 unspecified atom stereocenters. The van der Waals surface area contributed by atoms with E-state index >= 15 is 0 Å².